The summed E-state index contributed by atoms with van der Waals surface area (Å²) in [7, 11) is 0. The standard InChI is InChI=1S/C17H14N2O4/c1-10-5-3-6-11(2)13(10)9-18-16(20)12-7-4-8-14(19(22)23)15(12)17(18)21/h3-8H,9H2,1-2H3. The number of aryl methyl sites for hydroxylation is 2. The molecular formula is C17H14N2O4. The molecule has 6 nitrogen and oxygen atoms in total. The summed E-state index contributed by atoms with van der Waals surface area (Å²) in [5.74, 6) is -1.10. The van der Waals surface area contributed by atoms with Crippen molar-refractivity contribution in [3.63, 3.8) is 0 Å². The van der Waals surface area contributed by atoms with Gasteiger partial charge in [-0.25, -0.2) is 0 Å². The first-order chi connectivity index (χ1) is 10.9. The summed E-state index contributed by atoms with van der Waals surface area (Å²) in [6, 6.07) is 9.83. The van der Waals surface area contributed by atoms with E-state index in [2.05, 4.69) is 0 Å². The quantitative estimate of drug-likeness (QED) is 0.496. The third-order valence-electron chi connectivity index (χ3n) is 4.13. The number of rotatable bonds is 3. The zero-order valence-electron chi connectivity index (χ0n) is 12.7. The lowest BCUT2D eigenvalue weighted by atomic mass is 10.0. The number of amides is 2. The van der Waals surface area contributed by atoms with Crippen molar-refractivity contribution < 1.29 is 14.5 Å². The van der Waals surface area contributed by atoms with Crippen LogP contribution in [0.15, 0.2) is 36.4 Å². The first-order valence-electron chi connectivity index (χ1n) is 7.10. The van der Waals surface area contributed by atoms with Gasteiger partial charge in [-0.3, -0.25) is 24.6 Å². The van der Waals surface area contributed by atoms with Gasteiger partial charge in [0, 0.05) is 6.07 Å². The summed E-state index contributed by atoms with van der Waals surface area (Å²) >= 11 is 0. The summed E-state index contributed by atoms with van der Waals surface area (Å²) in [4.78, 5) is 36.6. The normalized spacial score (nSPS) is 13.4. The molecule has 0 saturated heterocycles. The van der Waals surface area contributed by atoms with Gasteiger partial charge in [0.25, 0.3) is 17.5 Å². The van der Waals surface area contributed by atoms with Gasteiger partial charge in [-0.2, -0.15) is 0 Å². The van der Waals surface area contributed by atoms with E-state index in [4.69, 9.17) is 0 Å². The molecule has 1 aliphatic rings. The van der Waals surface area contributed by atoms with Crippen LogP contribution < -0.4 is 0 Å². The number of nitro groups is 1. The Hall–Kier alpha value is -3.02. The van der Waals surface area contributed by atoms with Crippen molar-refractivity contribution in [1.82, 2.24) is 4.90 Å². The summed E-state index contributed by atoms with van der Waals surface area (Å²) in [6.45, 7) is 3.92. The van der Waals surface area contributed by atoms with Gasteiger partial charge in [-0.15, -0.1) is 0 Å². The first-order valence-corrected chi connectivity index (χ1v) is 7.10. The van der Waals surface area contributed by atoms with Crippen molar-refractivity contribution in [3.05, 3.63) is 74.3 Å². The second-order valence-electron chi connectivity index (χ2n) is 5.52. The number of nitro benzene ring substituents is 1. The molecular weight excluding hydrogens is 296 g/mol. The van der Waals surface area contributed by atoms with Crippen LogP contribution in [0.25, 0.3) is 0 Å². The smallest absolute Gasteiger partial charge is 0.270 e. The van der Waals surface area contributed by atoms with Crippen molar-refractivity contribution in [3.8, 4) is 0 Å². The molecule has 2 amide bonds. The number of carbonyl (C=O) groups is 2. The third-order valence-corrected chi connectivity index (χ3v) is 4.13. The number of imide groups is 1. The molecule has 23 heavy (non-hydrogen) atoms. The van der Waals surface area contributed by atoms with Crippen LogP contribution in [-0.2, 0) is 6.54 Å². The molecule has 0 aliphatic carbocycles. The van der Waals surface area contributed by atoms with Crippen molar-refractivity contribution >= 4 is 17.5 Å². The second kappa shape index (κ2) is 5.31. The number of benzene rings is 2. The lowest BCUT2D eigenvalue weighted by Crippen LogP contribution is -2.29. The van der Waals surface area contributed by atoms with E-state index in [9.17, 15) is 19.7 Å². The van der Waals surface area contributed by atoms with Gasteiger partial charge in [0.1, 0.15) is 5.56 Å². The summed E-state index contributed by atoms with van der Waals surface area (Å²) in [6.07, 6.45) is 0. The fourth-order valence-electron chi connectivity index (χ4n) is 2.87. The summed E-state index contributed by atoms with van der Waals surface area (Å²) in [5.41, 5.74) is 2.46. The van der Waals surface area contributed by atoms with E-state index in [1.165, 1.54) is 18.2 Å². The maximum atomic E-state index is 12.6. The summed E-state index contributed by atoms with van der Waals surface area (Å²) in [5, 5.41) is 11.1. The van der Waals surface area contributed by atoms with Gasteiger partial charge in [0.2, 0.25) is 0 Å². The number of carbonyl (C=O) groups excluding carboxylic acids is 2. The minimum absolute atomic E-state index is 0.0930. The molecule has 1 aliphatic heterocycles. The highest BCUT2D eigenvalue weighted by Crippen LogP contribution is 2.32. The highest BCUT2D eigenvalue weighted by atomic mass is 16.6. The Bertz CT molecular complexity index is 837. The Balaban J connectivity index is 2.05. The number of fused-ring (bicyclic) bond motifs is 1. The fourth-order valence-corrected chi connectivity index (χ4v) is 2.87. The molecule has 3 rings (SSSR count). The van der Waals surface area contributed by atoms with E-state index in [1.54, 1.807) is 0 Å². The maximum Gasteiger partial charge on any atom is 0.282 e. The molecule has 2 aromatic rings. The minimum Gasteiger partial charge on any atom is -0.270 e. The van der Waals surface area contributed by atoms with Gasteiger partial charge in [-0.05, 0) is 36.6 Å². The predicted molar refractivity (Wildman–Crippen MR) is 83.2 cm³/mol. The van der Waals surface area contributed by atoms with Crippen LogP contribution >= 0.6 is 0 Å². The van der Waals surface area contributed by atoms with E-state index in [0.717, 1.165) is 21.6 Å². The molecule has 0 atom stereocenters. The van der Waals surface area contributed by atoms with E-state index in [1.807, 2.05) is 32.0 Å². The lowest BCUT2D eigenvalue weighted by Gasteiger charge is -2.17. The maximum absolute atomic E-state index is 12.6. The van der Waals surface area contributed by atoms with Gasteiger partial charge < -0.3 is 0 Å². The van der Waals surface area contributed by atoms with Gasteiger partial charge >= 0.3 is 0 Å². The Morgan fingerprint density at radius 3 is 2.22 bits per heavy atom. The third kappa shape index (κ3) is 2.28. The van der Waals surface area contributed by atoms with Crippen LogP contribution in [0, 0.1) is 24.0 Å². The number of hydrogen-bond donors (Lipinski definition) is 0. The van der Waals surface area contributed by atoms with Crippen molar-refractivity contribution in [2.75, 3.05) is 0 Å². The Morgan fingerprint density at radius 2 is 1.61 bits per heavy atom. The van der Waals surface area contributed by atoms with Crippen LogP contribution in [0.1, 0.15) is 37.4 Å². The monoisotopic (exact) mass is 310 g/mol. The molecule has 2 aromatic carbocycles. The van der Waals surface area contributed by atoms with Crippen molar-refractivity contribution in [2.45, 2.75) is 20.4 Å². The highest BCUT2D eigenvalue weighted by molar-refractivity contribution is 6.23. The zero-order valence-corrected chi connectivity index (χ0v) is 12.7. The average molecular weight is 310 g/mol. The molecule has 1 heterocycles. The molecule has 0 aromatic heterocycles. The fraction of sp³-hybridized carbons (Fsp3) is 0.176. The van der Waals surface area contributed by atoms with Crippen molar-refractivity contribution in [1.29, 1.82) is 0 Å². The second-order valence-corrected chi connectivity index (χ2v) is 5.52. The zero-order chi connectivity index (χ0) is 16.7. The van der Waals surface area contributed by atoms with Gasteiger partial charge in [0.05, 0.1) is 17.0 Å². The molecule has 0 unspecified atom stereocenters. The van der Waals surface area contributed by atoms with E-state index < -0.39 is 16.7 Å². The number of hydrogen-bond acceptors (Lipinski definition) is 4. The lowest BCUT2D eigenvalue weighted by molar-refractivity contribution is -0.385. The molecule has 0 radical (unpaired) electrons. The van der Waals surface area contributed by atoms with Gasteiger partial charge in [0.15, 0.2) is 0 Å². The highest BCUT2D eigenvalue weighted by Gasteiger charge is 2.41. The minimum atomic E-state index is -0.632. The Labute approximate surface area is 132 Å². The van der Waals surface area contributed by atoms with Crippen LogP contribution in [0.2, 0.25) is 0 Å². The molecule has 0 N–H and O–H groups in total. The van der Waals surface area contributed by atoms with Crippen molar-refractivity contribution in [2.24, 2.45) is 0 Å². The topological polar surface area (TPSA) is 80.5 Å². The van der Waals surface area contributed by atoms with Crippen LogP contribution in [0.5, 0.6) is 0 Å². The van der Waals surface area contributed by atoms with Crippen LogP contribution in [0.3, 0.4) is 0 Å². The molecule has 6 heteroatoms. The van der Waals surface area contributed by atoms with E-state index in [-0.39, 0.29) is 23.4 Å². The van der Waals surface area contributed by atoms with Crippen LogP contribution in [0.4, 0.5) is 5.69 Å². The molecule has 0 saturated carbocycles. The Morgan fingerprint density at radius 1 is 1.00 bits per heavy atom. The average Bonchev–Trinajstić information content (AvgIpc) is 2.75. The SMILES string of the molecule is Cc1cccc(C)c1CN1C(=O)c2cccc([N+](=O)[O-])c2C1=O. The predicted octanol–water partition coefficient (Wildman–Crippen LogP) is 3.01. The van der Waals surface area contributed by atoms with Gasteiger partial charge in [-0.1, -0.05) is 24.3 Å². The van der Waals surface area contributed by atoms with E-state index in [0.29, 0.717) is 0 Å². The molecule has 0 fully saturated rings. The Kier molecular flexibility index (Phi) is 3.44. The van der Waals surface area contributed by atoms with E-state index >= 15 is 0 Å². The number of nitrogens with zero attached hydrogens (tertiary/aromatic N) is 2. The molecule has 0 spiro atoms. The summed E-state index contributed by atoms with van der Waals surface area (Å²) < 4.78 is 0. The van der Waals surface area contributed by atoms with Crippen LogP contribution in [-0.4, -0.2) is 21.6 Å². The first kappa shape index (κ1) is 14.9. The largest absolute Gasteiger partial charge is 0.282 e. The molecule has 0 bridgehead atoms. The molecule has 116 valence electrons.